The van der Waals surface area contributed by atoms with Crippen LogP contribution in [0.15, 0.2) is 66.9 Å². The molecule has 224 valence electrons. The summed E-state index contributed by atoms with van der Waals surface area (Å²) in [7, 11) is 1.87. The summed E-state index contributed by atoms with van der Waals surface area (Å²) in [6.07, 6.45) is 10.9. The molecule has 2 amide bonds. The molecule has 3 aromatic rings. The van der Waals surface area contributed by atoms with Crippen LogP contribution in [0.4, 0.5) is 14.6 Å². The molecule has 9 heteroatoms. The molecular weight excluding hydrogens is 558 g/mol. The van der Waals surface area contributed by atoms with Crippen LogP contribution in [0.25, 0.3) is 6.08 Å². The smallest absolute Gasteiger partial charge is 0.242 e. The minimum absolute atomic E-state index is 0.0832. The number of aryl methyl sites for hydroxylation is 1. The molecule has 0 atom stereocenters. The number of hydrogen-bond donors (Lipinski definition) is 2. The third kappa shape index (κ3) is 9.19. The zero-order valence-corrected chi connectivity index (χ0v) is 25.2. The fraction of sp³-hybridized carbons (Fsp3) is 0.364. The number of nitrogens with one attached hydrogen (secondary N) is 2. The van der Waals surface area contributed by atoms with E-state index in [1.165, 1.54) is 6.07 Å². The molecule has 1 heterocycles. The van der Waals surface area contributed by atoms with Crippen LogP contribution in [-0.2, 0) is 22.4 Å². The van der Waals surface area contributed by atoms with E-state index in [0.29, 0.717) is 18.8 Å². The molecule has 4 rings (SSSR count). The van der Waals surface area contributed by atoms with E-state index in [9.17, 15) is 18.4 Å². The molecule has 1 aliphatic rings. The molecule has 0 radical (unpaired) electrons. The topological polar surface area (TPSA) is 74.3 Å². The van der Waals surface area contributed by atoms with Crippen molar-refractivity contribution in [3.05, 3.63) is 100 Å². The first-order valence-corrected chi connectivity index (χ1v) is 14.7. The number of anilines is 1. The zero-order valence-electron chi connectivity index (χ0n) is 24.4. The molecular formula is C33H39ClF2N4O2. The van der Waals surface area contributed by atoms with Crippen molar-refractivity contribution in [2.75, 3.05) is 25.5 Å². The quantitative estimate of drug-likeness (QED) is 0.251. The minimum atomic E-state index is -0.725. The molecule has 0 bridgehead atoms. The second-order valence-electron chi connectivity index (χ2n) is 10.3. The zero-order chi connectivity index (χ0) is 30.5. The van der Waals surface area contributed by atoms with Crippen molar-refractivity contribution in [1.82, 2.24) is 15.2 Å². The highest BCUT2D eigenvalue weighted by Gasteiger charge is 2.41. The summed E-state index contributed by atoms with van der Waals surface area (Å²) in [5, 5.41) is 5.85. The number of halogens is 3. The highest BCUT2D eigenvalue weighted by Crippen LogP contribution is 2.31. The van der Waals surface area contributed by atoms with E-state index >= 15 is 0 Å². The fourth-order valence-electron chi connectivity index (χ4n) is 5.11. The Morgan fingerprint density at radius 1 is 1.02 bits per heavy atom. The first-order valence-electron chi connectivity index (χ1n) is 14.3. The summed E-state index contributed by atoms with van der Waals surface area (Å²) in [6.45, 7) is 5.50. The highest BCUT2D eigenvalue weighted by molar-refractivity contribution is 6.30. The Kier molecular flexibility index (Phi) is 12.6. The van der Waals surface area contributed by atoms with E-state index in [-0.39, 0.29) is 11.8 Å². The number of hydrogen-bond acceptors (Lipinski definition) is 4. The van der Waals surface area contributed by atoms with Gasteiger partial charge >= 0.3 is 0 Å². The van der Waals surface area contributed by atoms with Gasteiger partial charge in [-0.1, -0.05) is 80.8 Å². The van der Waals surface area contributed by atoms with Crippen LogP contribution in [0.1, 0.15) is 56.2 Å². The number of aromatic nitrogens is 1. The van der Waals surface area contributed by atoms with Crippen molar-refractivity contribution in [2.45, 2.75) is 57.9 Å². The number of amides is 2. The van der Waals surface area contributed by atoms with Crippen LogP contribution in [0.5, 0.6) is 0 Å². The molecule has 0 spiro atoms. The lowest BCUT2D eigenvalue weighted by Crippen LogP contribution is -2.55. The third-order valence-electron chi connectivity index (χ3n) is 7.22. The lowest BCUT2D eigenvalue weighted by molar-refractivity contribution is -0.136. The Hall–Kier alpha value is -3.62. The Balaban J connectivity index is 0.000000458. The van der Waals surface area contributed by atoms with Gasteiger partial charge in [0.05, 0.1) is 12.0 Å². The summed E-state index contributed by atoms with van der Waals surface area (Å²) in [6, 6.07) is 15.1. The van der Waals surface area contributed by atoms with Crippen molar-refractivity contribution >= 4 is 35.3 Å². The Morgan fingerprint density at radius 2 is 1.74 bits per heavy atom. The predicted molar refractivity (Wildman–Crippen MR) is 165 cm³/mol. The maximum absolute atomic E-state index is 13.1. The van der Waals surface area contributed by atoms with Crippen LogP contribution in [-0.4, -0.2) is 47.4 Å². The predicted octanol–water partition coefficient (Wildman–Crippen LogP) is 6.84. The lowest BCUT2D eigenvalue weighted by atomic mass is 9.95. The second kappa shape index (κ2) is 16.1. The molecule has 0 aliphatic heterocycles. The standard InChI is InChI=1S/C27H36N4O2.C6H3ClF2/c1-4-22-14-13-21(19-23(22)20-25(32)30-24-12-6-9-17-28-24)11-10-18-31(3)26(33)27(29-5-2)15-7-8-16-27;7-6-4(8)2-1-3-5(6)9/h6,9-14,17,19,29H,4-5,7-8,15-16,18,20H2,1-3H3,(H,28,30,32);1-3H/b11-10+;. The van der Waals surface area contributed by atoms with Crippen molar-refractivity contribution in [3.8, 4) is 0 Å². The Morgan fingerprint density at radius 3 is 2.33 bits per heavy atom. The van der Waals surface area contributed by atoms with E-state index < -0.39 is 22.2 Å². The van der Waals surface area contributed by atoms with Gasteiger partial charge in [0.25, 0.3) is 0 Å². The van der Waals surface area contributed by atoms with Gasteiger partial charge in [-0.05, 0) is 66.8 Å². The number of rotatable bonds is 10. The molecule has 0 unspecified atom stereocenters. The molecule has 1 saturated carbocycles. The van der Waals surface area contributed by atoms with Gasteiger partial charge in [0.15, 0.2) is 0 Å². The molecule has 1 fully saturated rings. The van der Waals surface area contributed by atoms with Crippen LogP contribution >= 0.6 is 11.6 Å². The summed E-state index contributed by atoms with van der Waals surface area (Å²) in [4.78, 5) is 31.6. The van der Waals surface area contributed by atoms with Crippen LogP contribution < -0.4 is 10.6 Å². The molecule has 0 saturated heterocycles. The third-order valence-corrected chi connectivity index (χ3v) is 7.58. The van der Waals surface area contributed by atoms with Crippen molar-refractivity contribution in [3.63, 3.8) is 0 Å². The molecule has 6 nitrogen and oxygen atoms in total. The first-order chi connectivity index (χ1) is 20.2. The first kappa shape index (κ1) is 32.9. The van der Waals surface area contributed by atoms with Gasteiger partial charge in [-0.25, -0.2) is 13.8 Å². The molecule has 1 aromatic heterocycles. The average molecular weight is 597 g/mol. The van der Waals surface area contributed by atoms with Crippen LogP contribution in [0.2, 0.25) is 5.02 Å². The van der Waals surface area contributed by atoms with E-state index in [2.05, 4.69) is 47.7 Å². The summed E-state index contributed by atoms with van der Waals surface area (Å²) in [5.41, 5.74) is 2.80. The number of carbonyl (C=O) groups is 2. The van der Waals surface area contributed by atoms with E-state index in [1.807, 2.05) is 36.2 Å². The van der Waals surface area contributed by atoms with Crippen molar-refractivity contribution < 1.29 is 18.4 Å². The van der Waals surface area contributed by atoms with E-state index in [1.54, 1.807) is 12.3 Å². The van der Waals surface area contributed by atoms with E-state index in [4.69, 9.17) is 11.6 Å². The number of carbonyl (C=O) groups excluding carboxylic acids is 2. The summed E-state index contributed by atoms with van der Waals surface area (Å²) < 4.78 is 24.4. The molecule has 2 aromatic carbocycles. The van der Waals surface area contributed by atoms with Gasteiger partial charge in [0.1, 0.15) is 22.5 Å². The summed E-state index contributed by atoms with van der Waals surface area (Å²) in [5.74, 6) is -0.796. The SMILES string of the molecule is CCNC1(C(=O)N(C)C/C=C/c2ccc(CC)c(CC(=O)Nc3ccccn3)c2)CCCC1.Fc1cccc(F)c1Cl. The lowest BCUT2D eigenvalue weighted by Gasteiger charge is -2.32. The monoisotopic (exact) mass is 596 g/mol. The van der Waals surface area contributed by atoms with Gasteiger partial charge in [0.2, 0.25) is 11.8 Å². The maximum atomic E-state index is 13.1. The highest BCUT2D eigenvalue weighted by atomic mass is 35.5. The van der Waals surface area contributed by atoms with Gasteiger partial charge in [-0.2, -0.15) is 0 Å². The normalized spacial score (nSPS) is 13.9. The molecule has 42 heavy (non-hydrogen) atoms. The molecule has 2 N–H and O–H groups in total. The molecule has 1 aliphatic carbocycles. The van der Waals surface area contributed by atoms with Crippen LogP contribution in [0, 0.1) is 11.6 Å². The van der Waals surface area contributed by atoms with Crippen molar-refractivity contribution in [2.24, 2.45) is 0 Å². The number of pyridine rings is 1. The average Bonchev–Trinajstić information content (AvgIpc) is 3.46. The van der Waals surface area contributed by atoms with Gasteiger partial charge in [-0.3, -0.25) is 9.59 Å². The van der Waals surface area contributed by atoms with Gasteiger partial charge in [0, 0.05) is 19.8 Å². The van der Waals surface area contributed by atoms with Gasteiger partial charge < -0.3 is 15.5 Å². The van der Waals surface area contributed by atoms with Crippen LogP contribution in [0.3, 0.4) is 0 Å². The summed E-state index contributed by atoms with van der Waals surface area (Å²) >= 11 is 5.13. The Labute approximate surface area is 252 Å². The number of benzene rings is 2. The number of nitrogens with zero attached hydrogens (tertiary/aromatic N) is 2. The number of likely N-dealkylation sites (N-methyl/N-ethyl adjacent to an activating group) is 2. The largest absolute Gasteiger partial charge is 0.340 e. The van der Waals surface area contributed by atoms with Gasteiger partial charge in [-0.15, -0.1) is 0 Å². The van der Waals surface area contributed by atoms with Crippen molar-refractivity contribution in [1.29, 1.82) is 0 Å². The fourth-order valence-corrected chi connectivity index (χ4v) is 5.24. The maximum Gasteiger partial charge on any atom is 0.242 e. The minimum Gasteiger partial charge on any atom is -0.340 e. The second-order valence-corrected chi connectivity index (χ2v) is 10.6. The van der Waals surface area contributed by atoms with E-state index in [0.717, 1.165) is 67.5 Å². The Bertz CT molecular complexity index is 1340.